The van der Waals surface area contributed by atoms with Crippen LogP contribution in [0.25, 0.3) is 0 Å². The van der Waals surface area contributed by atoms with Crippen LogP contribution in [0.15, 0.2) is 6.07 Å². The third-order valence-electron chi connectivity index (χ3n) is 3.20. The maximum Gasteiger partial charge on any atom is 0.223 e. The molecule has 6 nitrogen and oxygen atoms in total. The average Bonchev–Trinajstić information content (AvgIpc) is 2.77. The first-order chi connectivity index (χ1) is 8.10. The molecule has 0 bridgehead atoms. The zero-order valence-electron chi connectivity index (χ0n) is 10.6. The largest absolute Gasteiger partial charge is 0.373 e. The number of hydrogen-bond donors (Lipinski definition) is 2. The van der Waals surface area contributed by atoms with Gasteiger partial charge in [-0.2, -0.15) is 9.97 Å². The second kappa shape index (κ2) is 4.75. The van der Waals surface area contributed by atoms with Crippen molar-refractivity contribution in [1.82, 2.24) is 14.9 Å². The Hall–Kier alpha value is -1.56. The van der Waals surface area contributed by atoms with Gasteiger partial charge in [-0.1, -0.05) is 0 Å². The first kappa shape index (κ1) is 11.9. The lowest BCUT2D eigenvalue weighted by Crippen LogP contribution is -2.31. The maximum absolute atomic E-state index is 5.70. The highest BCUT2D eigenvalue weighted by molar-refractivity contribution is 5.53. The number of nitrogens with two attached hydrogens (primary N) is 1. The molecular weight excluding hydrogens is 216 g/mol. The van der Waals surface area contributed by atoms with E-state index in [4.69, 9.17) is 5.73 Å². The normalized spacial score (nSPS) is 20.0. The fraction of sp³-hybridized carbons (Fsp3) is 0.636. The maximum atomic E-state index is 5.70. The molecule has 2 rings (SSSR count). The lowest BCUT2D eigenvalue weighted by Gasteiger charge is -2.21. The van der Waals surface area contributed by atoms with E-state index in [0.717, 1.165) is 31.1 Å². The number of likely N-dealkylation sites (N-methyl/N-ethyl adjacent to an activating group) is 1. The quantitative estimate of drug-likeness (QED) is 0.783. The number of aromatic nitrogens is 2. The third kappa shape index (κ3) is 2.58. The van der Waals surface area contributed by atoms with Gasteiger partial charge in [0.05, 0.1) is 0 Å². The molecule has 1 fully saturated rings. The summed E-state index contributed by atoms with van der Waals surface area (Å²) in [5, 5.41) is 3.00. The minimum Gasteiger partial charge on any atom is -0.373 e. The minimum atomic E-state index is 0.320. The SMILES string of the molecule is CNc1cc(N2CCC(N(C)C)C2)nc(N)n1. The van der Waals surface area contributed by atoms with Gasteiger partial charge in [-0.3, -0.25) is 0 Å². The van der Waals surface area contributed by atoms with Crippen molar-refractivity contribution in [2.45, 2.75) is 12.5 Å². The molecule has 0 amide bonds. The van der Waals surface area contributed by atoms with Crippen molar-refractivity contribution in [2.75, 3.05) is 50.2 Å². The number of nitrogens with one attached hydrogen (secondary N) is 1. The molecule has 1 aliphatic heterocycles. The molecule has 1 aromatic rings. The predicted octanol–water partition coefficient (Wildman–Crippen LogP) is 0.241. The molecule has 0 saturated carbocycles. The number of anilines is 3. The second-order valence-corrected chi connectivity index (χ2v) is 4.57. The molecule has 0 aromatic carbocycles. The Morgan fingerprint density at radius 1 is 1.47 bits per heavy atom. The minimum absolute atomic E-state index is 0.320. The molecule has 0 spiro atoms. The van der Waals surface area contributed by atoms with E-state index in [0.29, 0.717) is 12.0 Å². The van der Waals surface area contributed by atoms with E-state index in [1.165, 1.54) is 0 Å². The van der Waals surface area contributed by atoms with Crippen molar-refractivity contribution < 1.29 is 0 Å². The fourth-order valence-corrected chi connectivity index (χ4v) is 2.11. The van der Waals surface area contributed by atoms with Gasteiger partial charge in [0.2, 0.25) is 5.95 Å². The van der Waals surface area contributed by atoms with Gasteiger partial charge in [0.25, 0.3) is 0 Å². The van der Waals surface area contributed by atoms with Crippen molar-refractivity contribution in [3.63, 3.8) is 0 Å². The van der Waals surface area contributed by atoms with Crippen LogP contribution in [0, 0.1) is 0 Å². The number of rotatable bonds is 3. The van der Waals surface area contributed by atoms with Crippen LogP contribution in [-0.4, -0.2) is 55.1 Å². The molecule has 1 aliphatic rings. The molecule has 2 heterocycles. The molecule has 1 saturated heterocycles. The van der Waals surface area contributed by atoms with E-state index in [1.807, 2.05) is 13.1 Å². The Kier molecular flexibility index (Phi) is 3.33. The number of nitrogen functional groups attached to an aromatic ring is 1. The number of hydrogen-bond acceptors (Lipinski definition) is 6. The average molecular weight is 236 g/mol. The summed E-state index contributed by atoms with van der Waals surface area (Å²) in [5.41, 5.74) is 5.70. The summed E-state index contributed by atoms with van der Waals surface area (Å²) < 4.78 is 0. The van der Waals surface area contributed by atoms with Gasteiger partial charge >= 0.3 is 0 Å². The van der Waals surface area contributed by atoms with Crippen LogP contribution in [0.4, 0.5) is 17.6 Å². The molecule has 6 heteroatoms. The Morgan fingerprint density at radius 2 is 2.24 bits per heavy atom. The first-order valence-electron chi connectivity index (χ1n) is 5.84. The molecule has 17 heavy (non-hydrogen) atoms. The number of nitrogens with zero attached hydrogens (tertiary/aromatic N) is 4. The second-order valence-electron chi connectivity index (χ2n) is 4.57. The van der Waals surface area contributed by atoms with Crippen LogP contribution in [0.2, 0.25) is 0 Å². The molecule has 0 aliphatic carbocycles. The molecule has 94 valence electrons. The summed E-state index contributed by atoms with van der Waals surface area (Å²) in [4.78, 5) is 12.9. The highest BCUT2D eigenvalue weighted by Gasteiger charge is 2.25. The Bertz CT molecular complexity index is 392. The lowest BCUT2D eigenvalue weighted by atomic mass is 10.2. The van der Waals surface area contributed by atoms with E-state index in [-0.39, 0.29) is 0 Å². The van der Waals surface area contributed by atoms with Crippen LogP contribution in [-0.2, 0) is 0 Å². The summed E-state index contributed by atoms with van der Waals surface area (Å²) >= 11 is 0. The van der Waals surface area contributed by atoms with E-state index >= 15 is 0 Å². The standard InChI is InChI=1S/C11H20N6/c1-13-9-6-10(15-11(12)14-9)17-5-4-8(7-17)16(2)3/h6,8H,4-5,7H2,1-3H3,(H3,12,13,14,15). The van der Waals surface area contributed by atoms with Crippen molar-refractivity contribution >= 4 is 17.6 Å². The third-order valence-corrected chi connectivity index (χ3v) is 3.20. The smallest absolute Gasteiger partial charge is 0.223 e. The van der Waals surface area contributed by atoms with Gasteiger partial charge < -0.3 is 20.9 Å². The molecule has 1 unspecified atom stereocenters. The van der Waals surface area contributed by atoms with E-state index in [1.54, 1.807) is 0 Å². The highest BCUT2D eigenvalue weighted by atomic mass is 15.3. The van der Waals surface area contributed by atoms with Crippen LogP contribution in [0.5, 0.6) is 0 Å². The van der Waals surface area contributed by atoms with Gasteiger partial charge in [0, 0.05) is 32.2 Å². The van der Waals surface area contributed by atoms with E-state index in [9.17, 15) is 0 Å². The van der Waals surface area contributed by atoms with Crippen molar-refractivity contribution in [3.05, 3.63) is 6.07 Å². The van der Waals surface area contributed by atoms with Crippen LogP contribution < -0.4 is 16.0 Å². The Morgan fingerprint density at radius 3 is 2.82 bits per heavy atom. The van der Waals surface area contributed by atoms with Gasteiger partial charge in [0.1, 0.15) is 11.6 Å². The Balaban J connectivity index is 2.15. The monoisotopic (exact) mass is 236 g/mol. The van der Waals surface area contributed by atoms with Crippen molar-refractivity contribution in [2.24, 2.45) is 0 Å². The molecule has 0 radical (unpaired) electrons. The lowest BCUT2D eigenvalue weighted by molar-refractivity contribution is 0.315. The van der Waals surface area contributed by atoms with Crippen molar-refractivity contribution in [3.8, 4) is 0 Å². The van der Waals surface area contributed by atoms with Gasteiger partial charge in [0.15, 0.2) is 0 Å². The molecule has 3 N–H and O–H groups in total. The van der Waals surface area contributed by atoms with Crippen LogP contribution in [0.3, 0.4) is 0 Å². The summed E-state index contributed by atoms with van der Waals surface area (Å²) in [6, 6.07) is 2.53. The fourth-order valence-electron chi connectivity index (χ4n) is 2.11. The zero-order chi connectivity index (χ0) is 12.4. The topological polar surface area (TPSA) is 70.3 Å². The first-order valence-corrected chi connectivity index (χ1v) is 5.84. The zero-order valence-corrected chi connectivity index (χ0v) is 10.6. The predicted molar refractivity (Wildman–Crippen MR) is 70.3 cm³/mol. The van der Waals surface area contributed by atoms with Gasteiger partial charge in [-0.25, -0.2) is 0 Å². The molecule has 1 aromatic heterocycles. The molecule has 1 atom stereocenters. The summed E-state index contributed by atoms with van der Waals surface area (Å²) in [6.07, 6.45) is 1.16. The van der Waals surface area contributed by atoms with E-state index < -0.39 is 0 Å². The van der Waals surface area contributed by atoms with E-state index in [2.05, 4.69) is 39.2 Å². The molecular formula is C11H20N6. The van der Waals surface area contributed by atoms with Gasteiger partial charge in [-0.15, -0.1) is 0 Å². The van der Waals surface area contributed by atoms with Gasteiger partial charge in [-0.05, 0) is 20.5 Å². The van der Waals surface area contributed by atoms with Crippen molar-refractivity contribution in [1.29, 1.82) is 0 Å². The highest BCUT2D eigenvalue weighted by Crippen LogP contribution is 2.22. The summed E-state index contributed by atoms with van der Waals surface area (Å²) in [6.45, 7) is 2.01. The van der Waals surface area contributed by atoms with Crippen LogP contribution in [0.1, 0.15) is 6.42 Å². The Labute approximate surface area is 102 Å². The van der Waals surface area contributed by atoms with Crippen LogP contribution >= 0.6 is 0 Å². The summed E-state index contributed by atoms with van der Waals surface area (Å²) in [7, 11) is 6.06. The summed E-state index contributed by atoms with van der Waals surface area (Å²) in [5.74, 6) is 1.99.